The maximum Gasteiger partial charge on any atom is 0.321 e. The Morgan fingerprint density at radius 1 is 0.774 bits per heavy atom. The van der Waals surface area contributed by atoms with Crippen LogP contribution in [0.4, 0.5) is 19.3 Å². The molecule has 0 bridgehead atoms. The third-order valence-corrected chi connectivity index (χ3v) is 5.64. The van der Waals surface area contributed by atoms with Crippen LogP contribution in [0.3, 0.4) is 0 Å². The van der Waals surface area contributed by atoms with Crippen LogP contribution in [-0.4, -0.2) is 42.0 Å². The molecule has 1 N–H and O–H groups in total. The van der Waals surface area contributed by atoms with Crippen molar-refractivity contribution in [1.82, 2.24) is 9.80 Å². The van der Waals surface area contributed by atoms with Gasteiger partial charge in [-0.2, -0.15) is 0 Å². The van der Waals surface area contributed by atoms with E-state index < -0.39 is 0 Å². The number of carbonyl (C=O) groups is 1. The molecule has 0 atom stereocenters. The van der Waals surface area contributed by atoms with Gasteiger partial charge in [0.2, 0.25) is 0 Å². The molecule has 31 heavy (non-hydrogen) atoms. The minimum absolute atomic E-state index is 0.122. The van der Waals surface area contributed by atoms with E-state index in [1.165, 1.54) is 24.3 Å². The fourth-order valence-electron chi connectivity index (χ4n) is 3.93. The number of anilines is 1. The van der Waals surface area contributed by atoms with E-state index in [2.05, 4.69) is 10.2 Å². The van der Waals surface area contributed by atoms with Crippen LogP contribution in [0, 0.1) is 18.6 Å². The van der Waals surface area contributed by atoms with Crippen molar-refractivity contribution in [2.45, 2.75) is 13.0 Å². The summed E-state index contributed by atoms with van der Waals surface area (Å²) < 4.78 is 26.9. The monoisotopic (exact) mass is 421 g/mol. The molecule has 1 fully saturated rings. The number of nitrogens with one attached hydrogen (secondary N) is 1. The van der Waals surface area contributed by atoms with Crippen LogP contribution >= 0.6 is 0 Å². The molecule has 1 saturated heterocycles. The SMILES string of the molecule is Cc1ccc(NC(=O)N2CCN(C(c3ccc(F)cc3)c3ccc(F)cc3)CC2)cc1. The van der Waals surface area contributed by atoms with Crippen molar-refractivity contribution >= 4 is 11.7 Å². The molecule has 1 aliphatic rings. The molecule has 0 saturated carbocycles. The maximum absolute atomic E-state index is 13.5. The van der Waals surface area contributed by atoms with Gasteiger partial charge in [-0.3, -0.25) is 4.90 Å². The van der Waals surface area contributed by atoms with Gasteiger partial charge >= 0.3 is 6.03 Å². The number of piperazine rings is 1. The summed E-state index contributed by atoms with van der Waals surface area (Å²) in [5.41, 5.74) is 3.78. The lowest BCUT2D eigenvalue weighted by molar-refractivity contribution is 0.126. The summed E-state index contributed by atoms with van der Waals surface area (Å²) in [4.78, 5) is 16.7. The number of benzene rings is 3. The summed E-state index contributed by atoms with van der Waals surface area (Å²) >= 11 is 0. The third-order valence-electron chi connectivity index (χ3n) is 5.64. The molecule has 4 nitrogen and oxygen atoms in total. The van der Waals surface area contributed by atoms with Gasteiger partial charge in [0.1, 0.15) is 11.6 Å². The number of aryl methyl sites for hydroxylation is 1. The molecular weight excluding hydrogens is 396 g/mol. The summed E-state index contributed by atoms with van der Waals surface area (Å²) in [7, 11) is 0. The first kappa shape index (κ1) is 21.0. The number of hydrogen-bond acceptors (Lipinski definition) is 2. The summed E-state index contributed by atoms with van der Waals surface area (Å²) in [6, 6.07) is 20.3. The van der Waals surface area contributed by atoms with Gasteiger partial charge in [0.15, 0.2) is 0 Å². The Morgan fingerprint density at radius 2 is 1.26 bits per heavy atom. The van der Waals surface area contributed by atoms with Crippen LogP contribution < -0.4 is 5.32 Å². The van der Waals surface area contributed by atoms with E-state index in [1.54, 1.807) is 29.2 Å². The van der Waals surface area contributed by atoms with Crippen LogP contribution in [-0.2, 0) is 0 Å². The van der Waals surface area contributed by atoms with Crippen LogP contribution in [0.1, 0.15) is 22.7 Å². The zero-order chi connectivity index (χ0) is 21.8. The molecule has 0 aliphatic carbocycles. The van der Waals surface area contributed by atoms with Crippen LogP contribution in [0.5, 0.6) is 0 Å². The van der Waals surface area contributed by atoms with Gasteiger partial charge in [-0.25, -0.2) is 13.6 Å². The minimum Gasteiger partial charge on any atom is -0.322 e. The molecule has 1 heterocycles. The number of urea groups is 1. The molecule has 0 aromatic heterocycles. The smallest absolute Gasteiger partial charge is 0.321 e. The lowest BCUT2D eigenvalue weighted by Gasteiger charge is -2.39. The number of amides is 2. The average molecular weight is 421 g/mol. The second kappa shape index (κ2) is 9.27. The normalized spacial score (nSPS) is 14.6. The largest absolute Gasteiger partial charge is 0.322 e. The second-order valence-electron chi connectivity index (χ2n) is 7.82. The van der Waals surface area contributed by atoms with Gasteiger partial charge in [0.25, 0.3) is 0 Å². The first-order valence-corrected chi connectivity index (χ1v) is 10.4. The quantitative estimate of drug-likeness (QED) is 0.628. The zero-order valence-corrected chi connectivity index (χ0v) is 17.4. The molecule has 160 valence electrons. The number of rotatable bonds is 4. The van der Waals surface area contributed by atoms with E-state index >= 15 is 0 Å². The number of hydrogen-bond donors (Lipinski definition) is 1. The van der Waals surface area contributed by atoms with Gasteiger partial charge in [-0.1, -0.05) is 42.0 Å². The predicted octanol–water partition coefficient (Wildman–Crippen LogP) is 5.21. The number of nitrogens with zero attached hydrogens (tertiary/aromatic N) is 2. The van der Waals surface area contributed by atoms with Crippen molar-refractivity contribution in [3.05, 3.63) is 101 Å². The number of carbonyl (C=O) groups excluding carboxylic acids is 1. The fraction of sp³-hybridized carbons (Fsp3) is 0.240. The van der Waals surface area contributed by atoms with Crippen molar-refractivity contribution < 1.29 is 13.6 Å². The van der Waals surface area contributed by atoms with E-state index in [0.29, 0.717) is 26.2 Å². The Hall–Kier alpha value is -3.25. The highest BCUT2D eigenvalue weighted by Gasteiger charge is 2.28. The maximum atomic E-state index is 13.5. The Kier molecular flexibility index (Phi) is 6.28. The standard InChI is InChI=1S/C25H25F2N3O/c1-18-2-12-23(13-3-18)28-25(31)30-16-14-29(15-17-30)24(19-4-8-21(26)9-5-19)20-6-10-22(27)11-7-20/h2-13,24H,14-17H2,1H3,(H,28,31). The molecule has 1 aliphatic heterocycles. The Labute approximate surface area is 181 Å². The fourth-order valence-corrected chi connectivity index (χ4v) is 3.93. The van der Waals surface area contributed by atoms with E-state index in [0.717, 1.165) is 22.4 Å². The van der Waals surface area contributed by atoms with Gasteiger partial charge in [0.05, 0.1) is 6.04 Å². The van der Waals surface area contributed by atoms with Gasteiger partial charge < -0.3 is 10.2 Å². The summed E-state index contributed by atoms with van der Waals surface area (Å²) in [5, 5.41) is 2.94. The van der Waals surface area contributed by atoms with Crippen molar-refractivity contribution in [2.24, 2.45) is 0 Å². The first-order chi connectivity index (χ1) is 15.0. The average Bonchev–Trinajstić information content (AvgIpc) is 2.78. The molecular formula is C25H25F2N3O. The van der Waals surface area contributed by atoms with Crippen LogP contribution in [0.2, 0.25) is 0 Å². The van der Waals surface area contributed by atoms with Gasteiger partial charge in [0, 0.05) is 31.9 Å². The van der Waals surface area contributed by atoms with E-state index in [9.17, 15) is 13.6 Å². The molecule has 0 unspecified atom stereocenters. The molecule has 6 heteroatoms. The predicted molar refractivity (Wildman–Crippen MR) is 118 cm³/mol. The summed E-state index contributed by atoms with van der Waals surface area (Å²) in [6.45, 7) is 4.44. The molecule has 3 aromatic carbocycles. The van der Waals surface area contributed by atoms with Crippen LogP contribution in [0.15, 0.2) is 72.8 Å². The van der Waals surface area contributed by atoms with E-state index in [1.807, 2.05) is 31.2 Å². The number of halogens is 2. The summed E-state index contributed by atoms with van der Waals surface area (Å²) in [6.07, 6.45) is 0. The minimum atomic E-state index is -0.292. The van der Waals surface area contributed by atoms with E-state index in [-0.39, 0.29) is 23.7 Å². The highest BCUT2D eigenvalue weighted by Crippen LogP contribution is 2.30. The molecule has 0 radical (unpaired) electrons. The first-order valence-electron chi connectivity index (χ1n) is 10.4. The molecule has 4 rings (SSSR count). The lowest BCUT2D eigenvalue weighted by atomic mass is 9.96. The van der Waals surface area contributed by atoms with Crippen molar-refractivity contribution in [3.8, 4) is 0 Å². The van der Waals surface area contributed by atoms with Crippen molar-refractivity contribution in [2.75, 3.05) is 31.5 Å². The van der Waals surface area contributed by atoms with Crippen molar-refractivity contribution in [3.63, 3.8) is 0 Å². The highest BCUT2D eigenvalue weighted by atomic mass is 19.1. The molecule has 2 amide bonds. The Morgan fingerprint density at radius 3 is 1.74 bits per heavy atom. The third kappa shape index (κ3) is 5.09. The zero-order valence-electron chi connectivity index (χ0n) is 17.4. The van der Waals surface area contributed by atoms with Gasteiger partial charge in [-0.15, -0.1) is 0 Å². The van der Waals surface area contributed by atoms with Crippen molar-refractivity contribution in [1.29, 1.82) is 0 Å². The Balaban J connectivity index is 1.47. The second-order valence-corrected chi connectivity index (χ2v) is 7.82. The molecule has 0 spiro atoms. The highest BCUT2D eigenvalue weighted by molar-refractivity contribution is 5.89. The molecule has 3 aromatic rings. The lowest BCUT2D eigenvalue weighted by Crippen LogP contribution is -2.51. The van der Waals surface area contributed by atoms with Gasteiger partial charge in [-0.05, 0) is 54.4 Å². The Bertz CT molecular complexity index is 967. The van der Waals surface area contributed by atoms with E-state index in [4.69, 9.17) is 0 Å². The topological polar surface area (TPSA) is 35.6 Å². The summed E-state index contributed by atoms with van der Waals surface area (Å²) in [5.74, 6) is -0.585. The van der Waals surface area contributed by atoms with Crippen LogP contribution in [0.25, 0.3) is 0 Å².